The van der Waals surface area contributed by atoms with E-state index in [1.807, 2.05) is 18.2 Å². The standard InChI is InChI=1S/C17H15N3O4/c18-13(17(21)22)8-11-9-19-14-7-6-12(10-4-2-1-3-5-10)16(15(11)14)20(23)24/h1-7,9,13,19H,8,18H2,(H,21,22). The maximum Gasteiger partial charge on any atom is 0.320 e. The molecule has 0 spiro atoms. The number of H-pyrrole nitrogens is 1. The summed E-state index contributed by atoms with van der Waals surface area (Å²) in [5, 5.41) is 21.1. The highest BCUT2D eigenvalue weighted by Gasteiger charge is 2.25. The molecule has 4 N–H and O–H groups in total. The van der Waals surface area contributed by atoms with Gasteiger partial charge in [-0.05, 0) is 23.3 Å². The quantitative estimate of drug-likeness (QED) is 0.491. The summed E-state index contributed by atoms with van der Waals surface area (Å²) in [7, 11) is 0. The van der Waals surface area contributed by atoms with Crippen molar-refractivity contribution in [3.05, 3.63) is 64.3 Å². The SMILES string of the molecule is NC(Cc1c[nH]c2ccc(-c3ccccc3)c([N+](=O)[O-])c12)C(=O)O. The van der Waals surface area contributed by atoms with Crippen molar-refractivity contribution in [3.63, 3.8) is 0 Å². The van der Waals surface area contributed by atoms with E-state index in [-0.39, 0.29) is 12.1 Å². The van der Waals surface area contributed by atoms with Gasteiger partial charge in [0.15, 0.2) is 0 Å². The van der Waals surface area contributed by atoms with Crippen LogP contribution in [-0.4, -0.2) is 27.0 Å². The Bertz CT molecular complexity index is 918. The molecular weight excluding hydrogens is 310 g/mol. The van der Waals surface area contributed by atoms with E-state index >= 15 is 0 Å². The number of aliphatic carboxylic acids is 1. The lowest BCUT2D eigenvalue weighted by atomic mass is 9.97. The summed E-state index contributed by atoms with van der Waals surface area (Å²) in [6, 6.07) is 11.4. The lowest BCUT2D eigenvalue weighted by Crippen LogP contribution is -2.32. The highest BCUT2D eigenvalue weighted by molar-refractivity contribution is 5.99. The Morgan fingerprint density at radius 1 is 1.25 bits per heavy atom. The number of nitro groups is 1. The van der Waals surface area contributed by atoms with Crippen molar-refractivity contribution >= 4 is 22.6 Å². The van der Waals surface area contributed by atoms with Gasteiger partial charge in [-0.3, -0.25) is 14.9 Å². The molecule has 0 radical (unpaired) electrons. The molecule has 1 unspecified atom stereocenters. The van der Waals surface area contributed by atoms with E-state index in [9.17, 15) is 14.9 Å². The van der Waals surface area contributed by atoms with Crippen molar-refractivity contribution < 1.29 is 14.8 Å². The summed E-state index contributed by atoms with van der Waals surface area (Å²) in [6.45, 7) is 0. The van der Waals surface area contributed by atoms with E-state index in [1.54, 1.807) is 30.5 Å². The number of nitro benzene ring substituents is 1. The molecule has 24 heavy (non-hydrogen) atoms. The first kappa shape index (κ1) is 15.7. The molecule has 3 aromatic rings. The number of hydrogen-bond acceptors (Lipinski definition) is 4. The number of carboxylic acid groups (broad SMARTS) is 1. The van der Waals surface area contributed by atoms with E-state index in [0.717, 1.165) is 5.56 Å². The first-order valence-corrected chi connectivity index (χ1v) is 7.30. The molecule has 1 aromatic heterocycles. The fourth-order valence-electron chi connectivity index (χ4n) is 2.80. The van der Waals surface area contributed by atoms with Gasteiger partial charge >= 0.3 is 5.97 Å². The maximum atomic E-state index is 11.7. The van der Waals surface area contributed by atoms with Crippen molar-refractivity contribution in [3.8, 4) is 11.1 Å². The van der Waals surface area contributed by atoms with Gasteiger partial charge < -0.3 is 15.8 Å². The van der Waals surface area contributed by atoms with Gasteiger partial charge in [-0.1, -0.05) is 30.3 Å². The predicted molar refractivity (Wildman–Crippen MR) is 89.7 cm³/mol. The molecule has 1 atom stereocenters. The number of carbonyl (C=O) groups is 1. The van der Waals surface area contributed by atoms with Crippen molar-refractivity contribution in [2.24, 2.45) is 5.73 Å². The lowest BCUT2D eigenvalue weighted by Gasteiger charge is -2.08. The van der Waals surface area contributed by atoms with Gasteiger partial charge in [-0.15, -0.1) is 0 Å². The van der Waals surface area contributed by atoms with Crippen LogP contribution in [0.3, 0.4) is 0 Å². The summed E-state index contributed by atoms with van der Waals surface area (Å²) >= 11 is 0. The number of hydrogen-bond donors (Lipinski definition) is 3. The zero-order valence-corrected chi connectivity index (χ0v) is 12.6. The average molecular weight is 325 g/mol. The van der Waals surface area contributed by atoms with Crippen LogP contribution < -0.4 is 5.73 Å². The first-order valence-electron chi connectivity index (χ1n) is 7.30. The Kier molecular flexibility index (Phi) is 4.01. The molecule has 2 aromatic carbocycles. The number of fused-ring (bicyclic) bond motifs is 1. The molecule has 0 aliphatic heterocycles. The van der Waals surface area contributed by atoms with Gasteiger partial charge in [0.05, 0.1) is 21.4 Å². The van der Waals surface area contributed by atoms with Crippen LogP contribution in [0.5, 0.6) is 0 Å². The molecule has 0 aliphatic carbocycles. The summed E-state index contributed by atoms with van der Waals surface area (Å²) < 4.78 is 0. The zero-order valence-electron chi connectivity index (χ0n) is 12.6. The third-order valence-electron chi connectivity index (χ3n) is 3.93. The predicted octanol–water partition coefficient (Wildman–Crippen LogP) is 2.70. The Morgan fingerprint density at radius 2 is 1.96 bits per heavy atom. The molecule has 1 heterocycles. The van der Waals surface area contributed by atoms with Crippen LogP contribution in [-0.2, 0) is 11.2 Å². The third kappa shape index (κ3) is 2.72. The number of carboxylic acids is 1. The molecule has 7 nitrogen and oxygen atoms in total. The van der Waals surface area contributed by atoms with Crippen LogP contribution in [0.1, 0.15) is 5.56 Å². The smallest absolute Gasteiger partial charge is 0.320 e. The number of nitrogens with zero attached hydrogens (tertiary/aromatic N) is 1. The molecule has 0 saturated carbocycles. The summed E-state index contributed by atoms with van der Waals surface area (Å²) in [5.41, 5.74) is 7.84. The molecule has 0 bridgehead atoms. The van der Waals surface area contributed by atoms with Crippen LogP contribution in [0.2, 0.25) is 0 Å². The Labute approximate surface area is 136 Å². The largest absolute Gasteiger partial charge is 0.480 e. The van der Waals surface area contributed by atoms with Crippen LogP contribution in [0.4, 0.5) is 5.69 Å². The first-order chi connectivity index (χ1) is 11.5. The molecule has 3 rings (SSSR count). The average Bonchev–Trinajstić information content (AvgIpc) is 2.97. The van der Waals surface area contributed by atoms with Crippen LogP contribution in [0.15, 0.2) is 48.7 Å². The number of benzene rings is 2. The maximum absolute atomic E-state index is 11.7. The molecule has 7 heteroatoms. The van der Waals surface area contributed by atoms with Gasteiger partial charge in [-0.25, -0.2) is 0 Å². The van der Waals surface area contributed by atoms with E-state index in [2.05, 4.69) is 4.98 Å². The van der Waals surface area contributed by atoms with Gasteiger partial charge in [0.1, 0.15) is 6.04 Å². The molecule has 0 aliphatic rings. The number of rotatable bonds is 5. The van der Waals surface area contributed by atoms with Crippen molar-refractivity contribution in [2.75, 3.05) is 0 Å². The molecule has 0 amide bonds. The Morgan fingerprint density at radius 3 is 2.58 bits per heavy atom. The monoisotopic (exact) mass is 325 g/mol. The second-order valence-corrected chi connectivity index (χ2v) is 5.47. The number of nitrogens with one attached hydrogen (secondary N) is 1. The van der Waals surface area contributed by atoms with Crippen molar-refractivity contribution in [2.45, 2.75) is 12.5 Å². The number of aromatic nitrogens is 1. The Balaban J connectivity index is 2.23. The highest BCUT2D eigenvalue weighted by Crippen LogP contribution is 2.38. The number of aromatic amines is 1. The highest BCUT2D eigenvalue weighted by atomic mass is 16.6. The van der Waals surface area contributed by atoms with Gasteiger partial charge in [0.2, 0.25) is 0 Å². The van der Waals surface area contributed by atoms with E-state index in [1.165, 1.54) is 0 Å². The summed E-state index contributed by atoms with van der Waals surface area (Å²) in [5.74, 6) is -1.15. The van der Waals surface area contributed by atoms with Crippen LogP contribution >= 0.6 is 0 Å². The van der Waals surface area contributed by atoms with E-state index in [4.69, 9.17) is 10.8 Å². The third-order valence-corrected chi connectivity index (χ3v) is 3.93. The fourth-order valence-corrected chi connectivity index (χ4v) is 2.80. The van der Waals surface area contributed by atoms with Gasteiger partial charge in [0.25, 0.3) is 5.69 Å². The summed E-state index contributed by atoms with van der Waals surface area (Å²) in [4.78, 5) is 25.2. The van der Waals surface area contributed by atoms with Crippen molar-refractivity contribution in [1.29, 1.82) is 0 Å². The van der Waals surface area contributed by atoms with Gasteiger partial charge in [0, 0.05) is 12.6 Å². The minimum Gasteiger partial charge on any atom is -0.480 e. The van der Waals surface area contributed by atoms with E-state index < -0.39 is 16.9 Å². The minimum absolute atomic E-state index is 0.00835. The minimum atomic E-state index is -1.15. The molecular formula is C17H15N3O4. The summed E-state index contributed by atoms with van der Waals surface area (Å²) in [6.07, 6.45) is 1.59. The van der Waals surface area contributed by atoms with Crippen LogP contribution in [0.25, 0.3) is 22.0 Å². The second-order valence-electron chi connectivity index (χ2n) is 5.47. The van der Waals surface area contributed by atoms with Crippen molar-refractivity contribution in [1.82, 2.24) is 4.98 Å². The molecule has 0 fully saturated rings. The number of nitrogens with two attached hydrogens (primary N) is 1. The lowest BCUT2D eigenvalue weighted by molar-refractivity contribution is -0.382. The van der Waals surface area contributed by atoms with Gasteiger partial charge in [-0.2, -0.15) is 0 Å². The van der Waals surface area contributed by atoms with E-state index in [0.29, 0.717) is 22.0 Å². The molecule has 122 valence electrons. The van der Waals surface area contributed by atoms with Crippen LogP contribution in [0, 0.1) is 10.1 Å². The fraction of sp³-hybridized carbons (Fsp3) is 0.118. The zero-order chi connectivity index (χ0) is 17.3. The topological polar surface area (TPSA) is 122 Å². The normalized spacial score (nSPS) is 12.2. The molecule has 0 saturated heterocycles. The Hall–Kier alpha value is -3.19. The second kappa shape index (κ2) is 6.13.